The van der Waals surface area contributed by atoms with Crippen molar-refractivity contribution in [1.29, 1.82) is 0 Å². The number of aromatic hydroxyl groups is 1. The van der Waals surface area contributed by atoms with Crippen LogP contribution >= 0.6 is 0 Å². The second-order valence-corrected chi connectivity index (χ2v) is 2.93. The number of hydrogen-bond acceptors (Lipinski definition) is 3. The third-order valence-electron chi connectivity index (χ3n) is 1.90. The highest BCUT2D eigenvalue weighted by molar-refractivity contribution is 5.86. The molecule has 2 aromatic rings. The van der Waals surface area contributed by atoms with Crippen molar-refractivity contribution in [2.75, 3.05) is 0 Å². The van der Waals surface area contributed by atoms with E-state index in [1.807, 2.05) is 0 Å². The van der Waals surface area contributed by atoms with Crippen LogP contribution in [0.25, 0.3) is 10.9 Å². The minimum atomic E-state index is -0.397. The number of phenolic OH excluding ortho intramolecular Hbond substituents is 1. The summed E-state index contributed by atoms with van der Waals surface area (Å²) in [5, 5.41) is 10.1. The van der Waals surface area contributed by atoms with E-state index in [1.165, 1.54) is 11.7 Å². The Morgan fingerprint density at radius 2 is 2.21 bits per heavy atom. The summed E-state index contributed by atoms with van der Waals surface area (Å²) in [6.45, 7) is 1.33. The molecule has 0 spiro atoms. The van der Waals surface area contributed by atoms with E-state index in [9.17, 15) is 9.90 Å². The summed E-state index contributed by atoms with van der Waals surface area (Å²) in [5.41, 5.74) is 0.667. The summed E-state index contributed by atoms with van der Waals surface area (Å²) in [4.78, 5) is 15.6. The van der Waals surface area contributed by atoms with E-state index in [2.05, 4.69) is 0 Å². The van der Waals surface area contributed by atoms with Crippen LogP contribution in [0.4, 0.5) is 0 Å². The first-order valence-electron chi connectivity index (χ1n) is 4.16. The van der Waals surface area contributed by atoms with E-state index in [-0.39, 0.29) is 5.75 Å². The number of benzene rings is 1. The first-order valence-corrected chi connectivity index (χ1v) is 4.16. The second kappa shape index (κ2) is 3.06. The molecule has 0 radical (unpaired) electrons. The molecule has 1 N–H and O–H groups in total. The van der Waals surface area contributed by atoms with Crippen molar-refractivity contribution in [2.24, 2.45) is 0 Å². The Hall–Kier alpha value is -1.97. The number of fused-ring (bicyclic) bond motifs is 1. The monoisotopic (exact) mass is 191 g/mol. The van der Waals surface area contributed by atoms with E-state index >= 15 is 0 Å². The van der Waals surface area contributed by atoms with Crippen LogP contribution in [0.15, 0.2) is 30.5 Å². The molecule has 0 aliphatic rings. The lowest BCUT2D eigenvalue weighted by molar-refractivity contribution is -0.140. The minimum absolute atomic E-state index is 0.174. The van der Waals surface area contributed by atoms with Crippen molar-refractivity contribution >= 4 is 16.9 Å². The summed E-state index contributed by atoms with van der Waals surface area (Å²) < 4.78 is 1.33. The Kier molecular flexibility index (Phi) is 1.89. The highest BCUT2D eigenvalue weighted by Gasteiger charge is 2.05. The fraction of sp³-hybridized carbons (Fsp3) is 0.100. The molecule has 0 atom stereocenters. The summed E-state index contributed by atoms with van der Waals surface area (Å²) >= 11 is 0. The molecule has 2 rings (SSSR count). The van der Waals surface area contributed by atoms with Gasteiger partial charge >= 0.3 is 5.97 Å². The zero-order valence-corrected chi connectivity index (χ0v) is 7.60. The van der Waals surface area contributed by atoms with E-state index in [0.29, 0.717) is 10.9 Å². The molecular weight excluding hydrogens is 182 g/mol. The van der Waals surface area contributed by atoms with Crippen LogP contribution in [0.2, 0.25) is 0 Å². The standard InChI is InChI=1S/C10H9NO3/c1-7(12)14-11-6-5-8-9(11)3-2-4-10(8)13/h2-6,13H,1H3. The Bertz CT molecular complexity index is 487. The predicted molar refractivity (Wildman–Crippen MR) is 50.9 cm³/mol. The van der Waals surface area contributed by atoms with Crippen LogP contribution in [-0.2, 0) is 4.79 Å². The van der Waals surface area contributed by atoms with E-state index in [1.54, 1.807) is 30.5 Å². The number of phenols is 1. The number of hydrogen-bond donors (Lipinski definition) is 1. The van der Waals surface area contributed by atoms with Gasteiger partial charge in [-0.3, -0.25) is 0 Å². The van der Waals surface area contributed by atoms with Crippen LogP contribution in [0.5, 0.6) is 5.75 Å². The summed E-state index contributed by atoms with van der Waals surface area (Å²) in [6, 6.07) is 6.73. The maximum Gasteiger partial charge on any atom is 0.329 e. The van der Waals surface area contributed by atoms with Crippen molar-refractivity contribution in [2.45, 2.75) is 6.92 Å². The van der Waals surface area contributed by atoms with Gasteiger partial charge in [-0.05, 0) is 18.2 Å². The average molecular weight is 191 g/mol. The molecule has 1 aromatic carbocycles. The SMILES string of the molecule is CC(=O)On1ccc2c(O)cccc21. The first-order chi connectivity index (χ1) is 6.68. The van der Waals surface area contributed by atoms with Crippen LogP contribution in [0.1, 0.15) is 6.92 Å². The topological polar surface area (TPSA) is 51.5 Å². The van der Waals surface area contributed by atoms with Crippen LogP contribution in [0, 0.1) is 0 Å². The van der Waals surface area contributed by atoms with Crippen LogP contribution in [0.3, 0.4) is 0 Å². The highest BCUT2D eigenvalue weighted by atomic mass is 16.7. The number of nitrogens with zero attached hydrogens (tertiary/aromatic N) is 1. The highest BCUT2D eigenvalue weighted by Crippen LogP contribution is 2.24. The molecule has 0 amide bonds. The van der Waals surface area contributed by atoms with Gasteiger partial charge in [0, 0.05) is 18.5 Å². The Labute approximate surface area is 80.3 Å². The summed E-state index contributed by atoms with van der Waals surface area (Å²) in [6.07, 6.45) is 1.59. The molecule has 0 aliphatic heterocycles. The largest absolute Gasteiger partial charge is 0.507 e. The molecule has 14 heavy (non-hydrogen) atoms. The molecule has 0 bridgehead atoms. The predicted octanol–water partition coefficient (Wildman–Crippen LogP) is 1.32. The zero-order valence-electron chi connectivity index (χ0n) is 7.60. The van der Waals surface area contributed by atoms with Gasteiger partial charge < -0.3 is 9.94 Å². The van der Waals surface area contributed by atoms with Gasteiger partial charge in [0.05, 0.1) is 5.52 Å². The maximum absolute atomic E-state index is 10.7. The molecule has 1 aromatic heterocycles. The first kappa shape index (κ1) is 8.62. The average Bonchev–Trinajstić information content (AvgIpc) is 2.49. The molecule has 0 saturated carbocycles. The van der Waals surface area contributed by atoms with Crippen molar-refractivity contribution in [3.05, 3.63) is 30.5 Å². The van der Waals surface area contributed by atoms with E-state index in [4.69, 9.17) is 4.84 Å². The van der Waals surface area contributed by atoms with Gasteiger partial charge in [-0.15, -0.1) is 0 Å². The number of aromatic nitrogens is 1. The normalized spacial score (nSPS) is 10.4. The Balaban J connectivity index is 2.58. The van der Waals surface area contributed by atoms with Gasteiger partial charge in [0.15, 0.2) is 0 Å². The fourth-order valence-corrected chi connectivity index (χ4v) is 1.34. The van der Waals surface area contributed by atoms with Crippen molar-refractivity contribution < 1.29 is 14.7 Å². The van der Waals surface area contributed by atoms with Crippen LogP contribution < -0.4 is 4.84 Å². The number of carbonyl (C=O) groups excluding carboxylic acids is 1. The molecular formula is C10H9NO3. The third kappa shape index (κ3) is 1.31. The summed E-state index contributed by atoms with van der Waals surface area (Å²) in [7, 11) is 0. The van der Waals surface area contributed by atoms with E-state index < -0.39 is 5.97 Å². The second-order valence-electron chi connectivity index (χ2n) is 2.93. The lowest BCUT2D eigenvalue weighted by atomic mass is 10.2. The van der Waals surface area contributed by atoms with Gasteiger partial charge in [0.2, 0.25) is 0 Å². The van der Waals surface area contributed by atoms with Gasteiger partial charge in [0.1, 0.15) is 5.75 Å². The van der Waals surface area contributed by atoms with Gasteiger partial charge in [-0.25, -0.2) is 4.79 Å². The minimum Gasteiger partial charge on any atom is -0.507 e. The lowest BCUT2D eigenvalue weighted by Gasteiger charge is -2.02. The zero-order chi connectivity index (χ0) is 10.1. The lowest BCUT2D eigenvalue weighted by Crippen LogP contribution is -2.14. The van der Waals surface area contributed by atoms with Crippen molar-refractivity contribution in [1.82, 2.24) is 4.73 Å². The smallest absolute Gasteiger partial charge is 0.329 e. The van der Waals surface area contributed by atoms with Crippen molar-refractivity contribution in [3.63, 3.8) is 0 Å². The molecule has 4 nitrogen and oxygen atoms in total. The molecule has 0 aliphatic carbocycles. The van der Waals surface area contributed by atoms with E-state index in [0.717, 1.165) is 0 Å². The molecule has 0 unspecified atom stereocenters. The van der Waals surface area contributed by atoms with Gasteiger partial charge in [-0.1, -0.05) is 6.07 Å². The third-order valence-corrected chi connectivity index (χ3v) is 1.90. The summed E-state index contributed by atoms with van der Waals surface area (Å²) in [5.74, 6) is -0.223. The number of rotatable bonds is 1. The Morgan fingerprint density at radius 3 is 2.93 bits per heavy atom. The molecule has 4 heteroatoms. The van der Waals surface area contributed by atoms with Gasteiger partial charge in [0.25, 0.3) is 0 Å². The molecule has 72 valence electrons. The fourth-order valence-electron chi connectivity index (χ4n) is 1.34. The van der Waals surface area contributed by atoms with Crippen molar-refractivity contribution in [3.8, 4) is 5.75 Å². The van der Waals surface area contributed by atoms with Gasteiger partial charge in [-0.2, -0.15) is 4.73 Å². The van der Waals surface area contributed by atoms with Crippen LogP contribution in [-0.4, -0.2) is 15.8 Å². The molecule has 0 fully saturated rings. The molecule has 1 heterocycles. The Morgan fingerprint density at radius 1 is 1.43 bits per heavy atom. The maximum atomic E-state index is 10.7. The quantitative estimate of drug-likeness (QED) is 0.739. The molecule has 0 saturated heterocycles. The number of carbonyl (C=O) groups is 1.